The molecule has 5 nitrogen and oxygen atoms in total. The molecule has 0 saturated carbocycles. The molecule has 2 heterocycles. The van der Waals surface area contributed by atoms with Crippen LogP contribution in [0.2, 0.25) is 0 Å². The first kappa shape index (κ1) is 16.8. The zero-order valence-corrected chi connectivity index (χ0v) is 14.4. The predicted molar refractivity (Wildman–Crippen MR) is 95.2 cm³/mol. The van der Waals surface area contributed by atoms with Crippen molar-refractivity contribution in [1.82, 2.24) is 5.32 Å². The number of sulfone groups is 1. The summed E-state index contributed by atoms with van der Waals surface area (Å²) in [6.45, 7) is 1.58. The lowest BCUT2D eigenvalue weighted by atomic mass is 10.1. The van der Waals surface area contributed by atoms with Crippen molar-refractivity contribution in [2.45, 2.75) is 22.8 Å². The fraction of sp³-hybridized carbons (Fsp3) is 0.176. The van der Waals surface area contributed by atoms with Gasteiger partial charge in [-0.2, -0.15) is 0 Å². The van der Waals surface area contributed by atoms with Gasteiger partial charge in [0.25, 0.3) is 0 Å². The Morgan fingerprint density at radius 1 is 1.04 bits per heavy atom. The van der Waals surface area contributed by atoms with Crippen LogP contribution in [0.4, 0.5) is 5.69 Å². The highest BCUT2D eigenvalue weighted by Crippen LogP contribution is 2.31. The molecule has 3 N–H and O–H groups in total. The van der Waals surface area contributed by atoms with Crippen molar-refractivity contribution in [3.05, 3.63) is 53.8 Å². The van der Waals surface area contributed by atoms with Crippen LogP contribution in [-0.4, -0.2) is 15.0 Å². The summed E-state index contributed by atoms with van der Waals surface area (Å²) in [5.74, 6) is 0.945. The highest BCUT2D eigenvalue weighted by Gasteiger charge is 2.22. The molecule has 2 aromatic carbocycles. The Balaban J connectivity index is 0.00000169. The monoisotopic (exact) mass is 364 g/mol. The molecule has 1 aromatic heterocycles. The second kappa shape index (κ2) is 6.12. The van der Waals surface area contributed by atoms with E-state index in [-0.39, 0.29) is 22.2 Å². The SMILES string of the molecule is Cl.Nc1ccc(S(=O)(=O)c2ccc3oc4c(c3c2)CNCC4)cc1. The van der Waals surface area contributed by atoms with Crippen LogP contribution in [-0.2, 0) is 22.8 Å². The number of anilines is 1. The summed E-state index contributed by atoms with van der Waals surface area (Å²) in [7, 11) is -3.57. The molecule has 0 unspecified atom stereocenters. The molecular weight excluding hydrogens is 348 g/mol. The number of nitrogens with one attached hydrogen (secondary N) is 1. The summed E-state index contributed by atoms with van der Waals surface area (Å²) >= 11 is 0. The number of rotatable bonds is 2. The van der Waals surface area contributed by atoms with Gasteiger partial charge in [-0.3, -0.25) is 0 Å². The van der Waals surface area contributed by atoms with Gasteiger partial charge in [-0.1, -0.05) is 0 Å². The van der Waals surface area contributed by atoms with Gasteiger partial charge in [-0.15, -0.1) is 12.4 Å². The lowest BCUT2D eigenvalue weighted by Gasteiger charge is -2.11. The van der Waals surface area contributed by atoms with Crippen molar-refractivity contribution >= 4 is 38.9 Å². The molecule has 3 aromatic rings. The predicted octanol–water partition coefficient (Wildman–Crippen LogP) is 2.92. The third-order valence-corrected chi connectivity index (χ3v) is 5.94. The molecule has 7 heteroatoms. The van der Waals surface area contributed by atoms with Gasteiger partial charge < -0.3 is 15.5 Å². The highest BCUT2D eigenvalue weighted by molar-refractivity contribution is 7.91. The number of furan rings is 1. The van der Waals surface area contributed by atoms with E-state index in [1.54, 1.807) is 30.3 Å². The van der Waals surface area contributed by atoms with Gasteiger partial charge in [-0.05, 0) is 42.5 Å². The van der Waals surface area contributed by atoms with Gasteiger partial charge in [0.05, 0.1) is 9.79 Å². The summed E-state index contributed by atoms with van der Waals surface area (Å²) in [4.78, 5) is 0.505. The molecule has 24 heavy (non-hydrogen) atoms. The molecule has 0 saturated heterocycles. The summed E-state index contributed by atoms with van der Waals surface area (Å²) in [6.07, 6.45) is 0.823. The average molecular weight is 365 g/mol. The van der Waals surface area contributed by atoms with E-state index in [1.165, 1.54) is 12.1 Å². The number of benzene rings is 2. The maximum absolute atomic E-state index is 12.8. The van der Waals surface area contributed by atoms with E-state index in [4.69, 9.17) is 10.2 Å². The average Bonchev–Trinajstić information content (AvgIpc) is 2.93. The molecule has 0 spiro atoms. The Kier molecular flexibility index (Phi) is 4.29. The van der Waals surface area contributed by atoms with Crippen LogP contribution in [0, 0.1) is 0 Å². The largest absolute Gasteiger partial charge is 0.461 e. The number of nitrogens with two attached hydrogens (primary N) is 1. The Hall–Kier alpha value is -2.02. The van der Waals surface area contributed by atoms with Gasteiger partial charge in [0.1, 0.15) is 11.3 Å². The van der Waals surface area contributed by atoms with Crippen LogP contribution in [0.3, 0.4) is 0 Å². The number of hydrogen-bond acceptors (Lipinski definition) is 5. The minimum absolute atomic E-state index is 0. The maximum atomic E-state index is 12.8. The van der Waals surface area contributed by atoms with Crippen molar-refractivity contribution in [2.24, 2.45) is 0 Å². The standard InChI is InChI=1S/C17H16N2O3S.ClH/c18-11-1-3-12(4-2-11)23(20,21)13-5-6-16-14(9-13)15-10-19-8-7-17(15)22-16;/h1-6,9,19H,7-8,10,18H2;1H. The van der Waals surface area contributed by atoms with Crippen molar-refractivity contribution < 1.29 is 12.8 Å². The van der Waals surface area contributed by atoms with Crippen LogP contribution in [0.5, 0.6) is 0 Å². The van der Waals surface area contributed by atoms with Crippen LogP contribution < -0.4 is 11.1 Å². The van der Waals surface area contributed by atoms with Gasteiger partial charge in [0, 0.05) is 36.1 Å². The van der Waals surface area contributed by atoms with E-state index in [0.717, 1.165) is 35.3 Å². The molecular formula is C17H17ClN2O3S. The molecule has 126 valence electrons. The highest BCUT2D eigenvalue weighted by atomic mass is 35.5. The molecule has 0 bridgehead atoms. The fourth-order valence-corrected chi connectivity index (χ4v) is 4.23. The Morgan fingerprint density at radius 2 is 1.75 bits per heavy atom. The number of hydrogen-bond donors (Lipinski definition) is 2. The molecule has 0 atom stereocenters. The molecule has 1 aliphatic rings. The lowest BCUT2D eigenvalue weighted by molar-refractivity contribution is 0.500. The van der Waals surface area contributed by atoms with Crippen LogP contribution >= 0.6 is 12.4 Å². The van der Waals surface area contributed by atoms with Crippen LogP contribution in [0.15, 0.2) is 56.7 Å². The van der Waals surface area contributed by atoms with Crippen molar-refractivity contribution in [3.63, 3.8) is 0 Å². The summed E-state index contributed by atoms with van der Waals surface area (Å²) < 4.78 is 31.4. The van der Waals surface area contributed by atoms with Crippen molar-refractivity contribution in [2.75, 3.05) is 12.3 Å². The quantitative estimate of drug-likeness (QED) is 0.683. The van der Waals surface area contributed by atoms with E-state index < -0.39 is 9.84 Å². The van der Waals surface area contributed by atoms with E-state index in [2.05, 4.69) is 5.32 Å². The first-order chi connectivity index (χ1) is 11.1. The Morgan fingerprint density at radius 3 is 2.50 bits per heavy atom. The molecule has 0 fully saturated rings. The second-order valence-electron chi connectivity index (χ2n) is 5.66. The van der Waals surface area contributed by atoms with E-state index in [0.29, 0.717) is 12.2 Å². The minimum Gasteiger partial charge on any atom is -0.461 e. The fourth-order valence-electron chi connectivity index (χ4n) is 2.94. The molecule has 1 aliphatic heterocycles. The van der Waals surface area contributed by atoms with Gasteiger partial charge in [0.15, 0.2) is 0 Å². The third kappa shape index (κ3) is 2.66. The van der Waals surface area contributed by atoms with Gasteiger partial charge in [-0.25, -0.2) is 8.42 Å². The molecule has 0 amide bonds. The normalized spacial score (nSPS) is 14.2. The second-order valence-corrected chi connectivity index (χ2v) is 7.61. The summed E-state index contributed by atoms with van der Waals surface area (Å²) in [6, 6.07) is 11.3. The van der Waals surface area contributed by atoms with Crippen LogP contribution in [0.25, 0.3) is 11.0 Å². The smallest absolute Gasteiger partial charge is 0.206 e. The number of halogens is 1. The van der Waals surface area contributed by atoms with E-state index in [1.807, 2.05) is 0 Å². The first-order valence-corrected chi connectivity index (χ1v) is 8.90. The Labute approximate surface area is 146 Å². The number of fused-ring (bicyclic) bond motifs is 3. The van der Waals surface area contributed by atoms with Gasteiger partial charge in [0.2, 0.25) is 9.84 Å². The molecule has 4 rings (SSSR count). The van der Waals surface area contributed by atoms with E-state index >= 15 is 0 Å². The van der Waals surface area contributed by atoms with Crippen LogP contribution in [0.1, 0.15) is 11.3 Å². The molecule has 0 aliphatic carbocycles. The van der Waals surface area contributed by atoms with E-state index in [9.17, 15) is 8.42 Å². The first-order valence-electron chi connectivity index (χ1n) is 7.41. The van der Waals surface area contributed by atoms with Crippen molar-refractivity contribution in [1.29, 1.82) is 0 Å². The third-order valence-electron chi connectivity index (χ3n) is 4.18. The lowest BCUT2D eigenvalue weighted by Crippen LogP contribution is -2.22. The number of nitrogen functional groups attached to an aromatic ring is 1. The Bertz CT molecular complexity index is 995. The minimum atomic E-state index is -3.57. The zero-order chi connectivity index (χ0) is 16.0. The van der Waals surface area contributed by atoms with Gasteiger partial charge >= 0.3 is 0 Å². The zero-order valence-electron chi connectivity index (χ0n) is 12.8. The summed E-state index contributed by atoms with van der Waals surface area (Å²) in [5, 5.41) is 4.16. The van der Waals surface area contributed by atoms with Crippen molar-refractivity contribution in [3.8, 4) is 0 Å². The maximum Gasteiger partial charge on any atom is 0.206 e. The summed E-state index contributed by atoms with van der Waals surface area (Å²) in [5.41, 5.74) is 7.96. The topological polar surface area (TPSA) is 85.3 Å². The molecule has 0 radical (unpaired) electrons.